The standard InChI is InChI=1S/C23H31FN4O2.HI/c1-4-25-23(27-11-10-19-14-17(2)8-9-21(19)30-3)28-13-12-26-22(29)16-18-6-5-7-20(24)15-18;/h5-9,14-15H,4,10-13,16H2,1-3H3,(H,26,29)(H2,25,27,28);1H. The van der Waals surface area contributed by atoms with E-state index in [0.717, 1.165) is 24.3 Å². The largest absolute Gasteiger partial charge is 0.496 e. The lowest BCUT2D eigenvalue weighted by molar-refractivity contribution is -0.120. The van der Waals surface area contributed by atoms with Gasteiger partial charge in [-0.15, -0.1) is 24.0 Å². The van der Waals surface area contributed by atoms with Gasteiger partial charge in [-0.2, -0.15) is 0 Å². The number of hydrogen-bond donors (Lipinski definition) is 3. The fraction of sp³-hybridized carbons (Fsp3) is 0.391. The number of rotatable bonds is 10. The number of benzene rings is 2. The molecule has 0 aliphatic heterocycles. The third-order valence-electron chi connectivity index (χ3n) is 4.42. The van der Waals surface area contributed by atoms with E-state index in [1.807, 2.05) is 19.1 Å². The van der Waals surface area contributed by atoms with Gasteiger partial charge in [-0.25, -0.2) is 4.39 Å². The molecule has 0 aromatic heterocycles. The van der Waals surface area contributed by atoms with Crippen LogP contribution in [-0.4, -0.2) is 45.2 Å². The van der Waals surface area contributed by atoms with Crippen LogP contribution in [0.2, 0.25) is 0 Å². The molecule has 8 heteroatoms. The number of nitrogens with one attached hydrogen (secondary N) is 3. The van der Waals surface area contributed by atoms with E-state index in [4.69, 9.17) is 4.74 Å². The summed E-state index contributed by atoms with van der Waals surface area (Å²) < 4.78 is 18.6. The van der Waals surface area contributed by atoms with Crippen molar-refractivity contribution in [1.82, 2.24) is 16.0 Å². The van der Waals surface area contributed by atoms with Crippen LogP contribution < -0.4 is 20.7 Å². The van der Waals surface area contributed by atoms with E-state index >= 15 is 0 Å². The fourth-order valence-electron chi connectivity index (χ4n) is 3.01. The number of amides is 1. The Bertz CT molecular complexity index is 861. The highest BCUT2D eigenvalue weighted by molar-refractivity contribution is 14.0. The third kappa shape index (κ3) is 9.99. The maximum absolute atomic E-state index is 13.2. The molecule has 0 aliphatic rings. The van der Waals surface area contributed by atoms with Gasteiger partial charge in [0.05, 0.1) is 13.5 Å². The number of halogens is 2. The molecule has 0 saturated carbocycles. The van der Waals surface area contributed by atoms with Crippen LogP contribution in [-0.2, 0) is 17.6 Å². The molecule has 0 heterocycles. The zero-order valence-electron chi connectivity index (χ0n) is 18.3. The Hall–Kier alpha value is -2.36. The predicted molar refractivity (Wildman–Crippen MR) is 134 cm³/mol. The minimum absolute atomic E-state index is 0. The average molecular weight is 542 g/mol. The van der Waals surface area contributed by atoms with E-state index in [1.165, 1.54) is 17.7 Å². The normalized spacial score (nSPS) is 10.8. The minimum Gasteiger partial charge on any atom is -0.496 e. The molecule has 0 fully saturated rings. The molecule has 2 aromatic rings. The number of aryl methyl sites for hydroxylation is 1. The van der Waals surface area contributed by atoms with E-state index in [-0.39, 0.29) is 42.1 Å². The Balaban J connectivity index is 0.00000480. The maximum atomic E-state index is 13.2. The van der Waals surface area contributed by atoms with Crippen molar-refractivity contribution in [2.45, 2.75) is 26.7 Å². The smallest absolute Gasteiger partial charge is 0.224 e. The van der Waals surface area contributed by atoms with E-state index in [1.54, 1.807) is 19.2 Å². The summed E-state index contributed by atoms with van der Waals surface area (Å²) in [5.74, 6) is 1.09. The average Bonchev–Trinajstić information content (AvgIpc) is 2.71. The Kier molecular flexibility index (Phi) is 12.6. The van der Waals surface area contributed by atoms with Crippen molar-refractivity contribution in [3.63, 3.8) is 0 Å². The summed E-state index contributed by atoms with van der Waals surface area (Å²) in [5, 5.41) is 9.23. The quantitative estimate of drug-likeness (QED) is 0.187. The van der Waals surface area contributed by atoms with Crippen molar-refractivity contribution >= 4 is 35.8 Å². The fourth-order valence-corrected chi connectivity index (χ4v) is 3.01. The Morgan fingerprint density at radius 2 is 1.87 bits per heavy atom. The summed E-state index contributed by atoms with van der Waals surface area (Å²) in [6.07, 6.45) is 0.927. The number of hydrogen-bond acceptors (Lipinski definition) is 3. The third-order valence-corrected chi connectivity index (χ3v) is 4.42. The monoisotopic (exact) mass is 542 g/mol. The zero-order valence-corrected chi connectivity index (χ0v) is 20.7. The topological polar surface area (TPSA) is 74.8 Å². The van der Waals surface area contributed by atoms with Crippen LogP contribution in [0.15, 0.2) is 47.5 Å². The summed E-state index contributed by atoms with van der Waals surface area (Å²) in [6.45, 7) is 6.40. The number of methoxy groups -OCH3 is 1. The zero-order chi connectivity index (χ0) is 21.8. The number of carbonyl (C=O) groups is 1. The van der Waals surface area contributed by atoms with Crippen LogP contribution in [0.25, 0.3) is 0 Å². The maximum Gasteiger partial charge on any atom is 0.224 e. The van der Waals surface area contributed by atoms with Gasteiger partial charge >= 0.3 is 0 Å². The lowest BCUT2D eigenvalue weighted by atomic mass is 10.1. The van der Waals surface area contributed by atoms with Gasteiger partial charge in [0, 0.05) is 26.2 Å². The first kappa shape index (κ1) is 26.7. The van der Waals surface area contributed by atoms with Gasteiger partial charge in [-0.1, -0.05) is 29.8 Å². The van der Waals surface area contributed by atoms with Crippen LogP contribution in [0.5, 0.6) is 5.75 Å². The highest BCUT2D eigenvalue weighted by atomic mass is 127. The van der Waals surface area contributed by atoms with Crippen LogP contribution in [0.3, 0.4) is 0 Å². The number of aliphatic imine (C=N–C) groups is 1. The minimum atomic E-state index is -0.336. The van der Waals surface area contributed by atoms with E-state index < -0.39 is 0 Å². The van der Waals surface area contributed by atoms with E-state index in [9.17, 15) is 9.18 Å². The second-order valence-corrected chi connectivity index (χ2v) is 6.91. The van der Waals surface area contributed by atoms with Gasteiger partial charge < -0.3 is 20.7 Å². The van der Waals surface area contributed by atoms with Gasteiger partial charge in [-0.3, -0.25) is 9.79 Å². The van der Waals surface area contributed by atoms with Gasteiger partial charge in [-0.05, 0) is 49.6 Å². The molecule has 0 aliphatic carbocycles. The van der Waals surface area contributed by atoms with Crippen LogP contribution >= 0.6 is 24.0 Å². The Morgan fingerprint density at radius 1 is 1.10 bits per heavy atom. The van der Waals surface area contributed by atoms with Crippen molar-refractivity contribution in [3.8, 4) is 5.75 Å². The molecule has 2 rings (SSSR count). The SMILES string of the molecule is CCNC(=NCCc1cc(C)ccc1OC)NCCNC(=O)Cc1cccc(F)c1.I. The van der Waals surface area contributed by atoms with Gasteiger partial charge in [0.25, 0.3) is 0 Å². The molecule has 0 spiro atoms. The number of nitrogens with zero attached hydrogens (tertiary/aromatic N) is 1. The van der Waals surface area contributed by atoms with Crippen molar-refractivity contribution in [2.75, 3.05) is 33.3 Å². The summed E-state index contributed by atoms with van der Waals surface area (Å²) in [5.41, 5.74) is 2.97. The Morgan fingerprint density at radius 3 is 2.58 bits per heavy atom. The molecule has 0 saturated heterocycles. The molecule has 2 aromatic carbocycles. The van der Waals surface area contributed by atoms with E-state index in [0.29, 0.717) is 31.2 Å². The first-order valence-corrected chi connectivity index (χ1v) is 10.2. The Labute approximate surface area is 201 Å². The van der Waals surface area contributed by atoms with Gasteiger partial charge in [0.15, 0.2) is 5.96 Å². The van der Waals surface area contributed by atoms with Crippen molar-refractivity contribution in [3.05, 3.63) is 65.0 Å². The second kappa shape index (κ2) is 14.6. The molecule has 31 heavy (non-hydrogen) atoms. The summed E-state index contributed by atoms with van der Waals surface area (Å²) in [7, 11) is 1.67. The van der Waals surface area contributed by atoms with Crippen LogP contribution in [0.1, 0.15) is 23.6 Å². The number of carbonyl (C=O) groups excluding carboxylic acids is 1. The molecule has 6 nitrogen and oxygen atoms in total. The molecule has 0 bridgehead atoms. The van der Waals surface area contributed by atoms with Crippen molar-refractivity contribution < 1.29 is 13.9 Å². The van der Waals surface area contributed by atoms with Crippen LogP contribution in [0, 0.1) is 12.7 Å². The molecule has 0 atom stereocenters. The molecular weight excluding hydrogens is 510 g/mol. The molecule has 170 valence electrons. The van der Waals surface area contributed by atoms with Gasteiger partial charge in [0.2, 0.25) is 5.91 Å². The molecule has 3 N–H and O–H groups in total. The highest BCUT2D eigenvalue weighted by Gasteiger charge is 2.05. The van der Waals surface area contributed by atoms with Crippen molar-refractivity contribution in [1.29, 1.82) is 0 Å². The van der Waals surface area contributed by atoms with E-state index in [2.05, 4.69) is 33.9 Å². The predicted octanol–water partition coefficient (Wildman–Crippen LogP) is 3.22. The summed E-state index contributed by atoms with van der Waals surface area (Å²) in [4.78, 5) is 16.6. The lowest BCUT2D eigenvalue weighted by Gasteiger charge is -2.13. The van der Waals surface area contributed by atoms with Crippen molar-refractivity contribution in [2.24, 2.45) is 4.99 Å². The first-order valence-electron chi connectivity index (χ1n) is 10.2. The highest BCUT2D eigenvalue weighted by Crippen LogP contribution is 2.20. The molecule has 0 radical (unpaired) electrons. The number of guanidine groups is 1. The number of ether oxygens (including phenoxy) is 1. The molecular formula is C23H32FIN4O2. The second-order valence-electron chi connectivity index (χ2n) is 6.91. The van der Waals surface area contributed by atoms with Gasteiger partial charge in [0.1, 0.15) is 11.6 Å². The summed E-state index contributed by atoms with van der Waals surface area (Å²) >= 11 is 0. The summed E-state index contributed by atoms with van der Waals surface area (Å²) in [6, 6.07) is 12.2. The lowest BCUT2D eigenvalue weighted by Crippen LogP contribution is -2.41. The first-order chi connectivity index (χ1) is 14.5. The molecule has 1 amide bonds. The molecule has 0 unspecified atom stereocenters. The van der Waals surface area contributed by atoms with Crippen LogP contribution in [0.4, 0.5) is 4.39 Å².